The molecule has 3 nitrogen and oxygen atoms in total. The zero-order valence-corrected chi connectivity index (χ0v) is 9.59. The highest BCUT2D eigenvalue weighted by molar-refractivity contribution is 7.10. The molecule has 1 N–H and O–H groups in total. The first-order chi connectivity index (χ1) is 7.86. The normalized spacial score (nSPS) is 19.4. The van der Waals surface area contributed by atoms with Gasteiger partial charge in [-0.05, 0) is 36.3 Å². The van der Waals surface area contributed by atoms with Crippen molar-refractivity contribution in [2.75, 3.05) is 0 Å². The molecule has 3 rings (SSSR count). The number of nitrogens with one attached hydrogen (secondary N) is 1. The Balaban J connectivity index is 1.96. The van der Waals surface area contributed by atoms with Gasteiger partial charge in [-0.1, -0.05) is 0 Å². The number of aromatic nitrogens is 2. The maximum atomic E-state index is 12.3. The fourth-order valence-corrected chi connectivity index (χ4v) is 3.32. The molecule has 0 saturated carbocycles. The molecule has 16 heavy (non-hydrogen) atoms. The Morgan fingerprint density at radius 2 is 2.50 bits per heavy atom. The van der Waals surface area contributed by atoms with Crippen molar-refractivity contribution in [2.24, 2.45) is 0 Å². The Labute approximate surface area is 97.5 Å². The number of rotatable bonds is 2. The van der Waals surface area contributed by atoms with E-state index >= 15 is 0 Å². The largest absolute Gasteiger partial charge is 0.342 e. The molecule has 2 heterocycles. The second kappa shape index (κ2) is 3.87. The van der Waals surface area contributed by atoms with E-state index in [1.165, 1.54) is 10.4 Å². The van der Waals surface area contributed by atoms with Crippen LogP contribution >= 0.6 is 11.3 Å². The van der Waals surface area contributed by atoms with Crippen LogP contribution in [0.15, 0.2) is 24.0 Å². The second-order valence-corrected chi connectivity index (χ2v) is 5.07. The minimum Gasteiger partial charge on any atom is -0.342 e. The molecule has 1 aliphatic rings. The molecule has 0 radical (unpaired) electrons. The van der Waals surface area contributed by atoms with E-state index in [-0.39, 0.29) is 11.7 Å². The predicted molar refractivity (Wildman–Crippen MR) is 62.9 cm³/mol. The third-order valence-corrected chi connectivity index (χ3v) is 4.13. The summed E-state index contributed by atoms with van der Waals surface area (Å²) in [5, 5.41) is 2.09. The summed E-state index contributed by atoms with van der Waals surface area (Å²) in [5.74, 6) is 0.215. The van der Waals surface area contributed by atoms with Gasteiger partial charge < -0.3 is 4.98 Å². The molecular formula is C12H12N2OS. The number of H-pyrrole nitrogens is 1. The molecule has 0 amide bonds. The van der Waals surface area contributed by atoms with Crippen molar-refractivity contribution in [1.82, 2.24) is 9.97 Å². The Hall–Kier alpha value is -1.42. The average Bonchev–Trinajstić information content (AvgIpc) is 2.98. The number of carbonyl (C=O) groups excluding carboxylic acids is 1. The molecule has 4 heteroatoms. The summed E-state index contributed by atoms with van der Waals surface area (Å²) in [5.41, 5.74) is 1.86. The lowest BCUT2D eigenvalue weighted by atomic mass is 9.84. The van der Waals surface area contributed by atoms with Crippen LogP contribution in [0.5, 0.6) is 0 Å². The zero-order valence-electron chi connectivity index (χ0n) is 8.77. The van der Waals surface area contributed by atoms with Gasteiger partial charge in [-0.3, -0.25) is 4.79 Å². The van der Waals surface area contributed by atoms with E-state index in [2.05, 4.69) is 21.4 Å². The number of hydrogen-bond acceptors (Lipinski definition) is 3. The van der Waals surface area contributed by atoms with Crippen LogP contribution in [0, 0.1) is 0 Å². The molecule has 1 atom stereocenters. The highest BCUT2D eigenvalue weighted by Crippen LogP contribution is 2.36. The Morgan fingerprint density at radius 1 is 1.56 bits per heavy atom. The number of aryl methyl sites for hydroxylation is 1. The first-order valence-electron chi connectivity index (χ1n) is 5.45. The molecule has 1 unspecified atom stereocenters. The van der Waals surface area contributed by atoms with Gasteiger partial charge in [-0.25, -0.2) is 4.98 Å². The van der Waals surface area contributed by atoms with Gasteiger partial charge in [0, 0.05) is 4.88 Å². The van der Waals surface area contributed by atoms with Crippen LogP contribution in [0.1, 0.15) is 39.7 Å². The molecule has 1 aliphatic carbocycles. The van der Waals surface area contributed by atoms with Gasteiger partial charge in [0.15, 0.2) is 5.78 Å². The van der Waals surface area contributed by atoms with E-state index in [9.17, 15) is 4.79 Å². The average molecular weight is 232 g/mol. The summed E-state index contributed by atoms with van der Waals surface area (Å²) in [6, 6.07) is 2.10. The van der Waals surface area contributed by atoms with Crippen molar-refractivity contribution in [3.05, 3.63) is 40.1 Å². The summed E-state index contributed by atoms with van der Waals surface area (Å²) in [6.07, 6.45) is 6.37. The lowest BCUT2D eigenvalue weighted by Gasteiger charge is -2.20. The molecule has 0 spiro atoms. The predicted octanol–water partition coefficient (Wildman–Crippen LogP) is 2.77. The van der Waals surface area contributed by atoms with Crippen molar-refractivity contribution in [3.8, 4) is 0 Å². The van der Waals surface area contributed by atoms with Crippen LogP contribution in [0.4, 0.5) is 0 Å². The van der Waals surface area contributed by atoms with E-state index < -0.39 is 0 Å². The van der Waals surface area contributed by atoms with Gasteiger partial charge >= 0.3 is 0 Å². The SMILES string of the molecule is O=C(c1cnc[nH]1)C1CCCc2sccc21. The molecule has 0 aromatic carbocycles. The smallest absolute Gasteiger partial charge is 0.188 e. The second-order valence-electron chi connectivity index (χ2n) is 4.07. The van der Waals surface area contributed by atoms with Crippen molar-refractivity contribution in [1.29, 1.82) is 0 Å². The fourth-order valence-electron chi connectivity index (χ4n) is 2.34. The monoisotopic (exact) mass is 232 g/mol. The molecule has 2 aromatic heterocycles. The number of hydrogen-bond donors (Lipinski definition) is 1. The summed E-state index contributed by atoms with van der Waals surface area (Å²) >= 11 is 1.77. The zero-order chi connectivity index (χ0) is 11.0. The number of nitrogens with zero attached hydrogens (tertiary/aromatic N) is 1. The van der Waals surface area contributed by atoms with Crippen LogP contribution in [0.25, 0.3) is 0 Å². The molecule has 2 aromatic rings. The Morgan fingerprint density at radius 3 is 3.31 bits per heavy atom. The van der Waals surface area contributed by atoms with E-state index in [1.807, 2.05) is 0 Å². The van der Waals surface area contributed by atoms with Crippen LogP contribution in [-0.2, 0) is 6.42 Å². The topological polar surface area (TPSA) is 45.8 Å². The van der Waals surface area contributed by atoms with Crippen LogP contribution < -0.4 is 0 Å². The first-order valence-corrected chi connectivity index (χ1v) is 6.33. The lowest BCUT2D eigenvalue weighted by molar-refractivity contribution is 0.0947. The lowest BCUT2D eigenvalue weighted by Crippen LogP contribution is -2.17. The number of carbonyl (C=O) groups is 1. The number of ketones is 1. The molecule has 0 aliphatic heterocycles. The molecule has 0 bridgehead atoms. The first kappa shape index (κ1) is 9.78. The van der Waals surface area contributed by atoms with Gasteiger partial charge in [0.2, 0.25) is 0 Å². The van der Waals surface area contributed by atoms with Crippen molar-refractivity contribution >= 4 is 17.1 Å². The quantitative estimate of drug-likeness (QED) is 0.809. The summed E-state index contributed by atoms with van der Waals surface area (Å²) < 4.78 is 0. The highest BCUT2D eigenvalue weighted by Gasteiger charge is 2.28. The van der Waals surface area contributed by atoms with Crippen molar-refractivity contribution < 1.29 is 4.79 Å². The fraction of sp³-hybridized carbons (Fsp3) is 0.333. The van der Waals surface area contributed by atoms with Gasteiger partial charge in [0.05, 0.1) is 18.4 Å². The van der Waals surface area contributed by atoms with Crippen molar-refractivity contribution in [2.45, 2.75) is 25.2 Å². The number of fused-ring (bicyclic) bond motifs is 1. The minimum atomic E-state index is 0.0375. The number of aromatic amines is 1. The van der Waals surface area contributed by atoms with Gasteiger partial charge in [-0.15, -0.1) is 11.3 Å². The molecule has 0 fully saturated rings. The summed E-state index contributed by atoms with van der Waals surface area (Å²) in [4.78, 5) is 20.4. The van der Waals surface area contributed by atoms with Crippen molar-refractivity contribution in [3.63, 3.8) is 0 Å². The van der Waals surface area contributed by atoms with Gasteiger partial charge in [-0.2, -0.15) is 0 Å². The third-order valence-electron chi connectivity index (χ3n) is 3.13. The number of Topliss-reactive ketones (excluding diaryl/α,β-unsaturated/α-hetero) is 1. The molecule has 82 valence electrons. The number of imidazole rings is 1. The molecule has 0 saturated heterocycles. The van der Waals surface area contributed by atoms with Gasteiger partial charge in [0.25, 0.3) is 0 Å². The van der Waals surface area contributed by atoms with Crippen LogP contribution in [-0.4, -0.2) is 15.8 Å². The maximum absolute atomic E-state index is 12.3. The van der Waals surface area contributed by atoms with E-state index in [0.717, 1.165) is 19.3 Å². The van der Waals surface area contributed by atoms with E-state index in [0.29, 0.717) is 5.69 Å². The standard InChI is InChI=1S/C12H12N2OS/c15-12(10-6-13-7-14-10)9-2-1-3-11-8(9)4-5-16-11/h4-7,9H,1-3H2,(H,13,14). The highest BCUT2D eigenvalue weighted by atomic mass is 32.1. The van der Waals surface area contributed by atoms with Crippen LogP contribution in [0.3, 0.4) is 0 Å². The third kappa shape index (κ3) is 1.50. The van der Waals surface area contributed by atoms with Gasteiger partial charge in [0.1, 0.15) is 5.69 Å². The Bertz CT molecular complexity index is 501. The minimum absolute atomic E-state index is 0.0375. The summed E-state index contributed by atoms with van der Waals surface area (Å²) in [7, 11) is 0. The van der Waals surface area contributed by atoms with E-state index in [1.54, 1.807) is 23.9 Å². The van der Waals surface area contributed by atoms with Crippen LogP contribution in [0.2, 0.25) is 0 Å². The Kier molecular flexibility index (Phi) is 2.36. The number of thiophene rings is 1. The summed E-state index contributed by atoms with van der Waals surface area (Å²) in [6.45, 7) is 0. The van der Waals surface area contributed by atoms with E-state index in [4.69, 9.17) is 0 Å². The molecular weight excluding hydrogens is 220 g/mol. The maximum Gasteiger partial charge on any atom is 0.188 e.